The molecule has 0 amide bonds. The van der Waals surface area contributed by atoms with Crippen molar-refractivity contribution >= 4 is 16.7 Å². The lowest BCUT2D eigenvalue weighted by Gasteiger charge is -2.11. The van der Waals surface area contributed by atoms with Gasteiger partial charge in [0.15, 0.2) is 0 Å². The van der Waals surface area contributed by atoms with Gasteiger partial charge >= 0.3 is 0 Å². The Kier molecular flexibility index (Phi) is 3.17. The van der Waals surface area contributed by atoms with Gasteiger partial charge in [-0.25, -0.2) is 4.98 Å². The fourth-order valence-electron chi connectivity index (χ4n) is 4.18. The normalized spacial score (nSPS) is 11.7. The van der Waals surface area contributed by atoms with E-state index in [-0.39, 0.29) is 0 Å². The zero-order valence-electron chi connectivity index (χ0n) is 15.2. The predicted octanol–water partition coefficient (Wildman–Crippen LogP) is 6.18. The van der Waals surface area contributed by atoms with Crippen LogP contribution < -0.4 is 0 Å². The fourth-order valence-corrected chi connectivity index (χ4v) is 4.18. The molecule has 0 saturated carbocycles. The summed E-state index contributed by atoms with van der Waals surface area (Å²) in [4.78, 5) is 4.81. The van der Waals surface area contributed by atoms with Gasteiger partial charge in [-0.3, -0.25) is 4.40 Å². The van der Waals surface area contributed by atoms with Gasteiger partial charge < -0.3 is 0 Å². The quantitative estimate of drug-likeness (QED) is 0.376. The standard InChI is InChI=1S/C24H20N2/c1-15-9-4-6-11-18(15)22-20-13-8-14-21-25-17(3)24(26(20)21)23(22)19-12-7-5-10-16(19)2/h4-14H,1-3H3. The van der Waals surface area contributed by atoms with Crippen LogP contribution in [-0.4, -0.2) is 9.38 Å². The number of nitrogens with zero attached hydrogens (tertiary/aromatic N) is 2. The lowest BCUT2D eigenvalue weighted by molar-refractivity contribution is 1.28. The number of imidazole rings is 1. The molecule has 0 N–H and O–H groups in total. The summed E-state index contributed by atoms with van der Waals surface area (Å²) in [6.45, 7) is 6.50. The molecule has 2 heteroatoms. The van der Waals surface area contributed by atoms with Crippen molar-refractivity contribution < 1.29 is 0 Å². The first-order valence-electron chi connectivity index (χ1n) is 9.02. The third kappa shape index (κ3) is 1.96. The summed E-state index contributed by atoms with van der Waals surface area (Å²) in [5.74, 6) is 0. The number of rotatable bonds is 2. The van der Waals surface area contributed by atoms with Crippen LogP contribution in [0.15, 0.2) is 66.7 Å². The molecule has 0 aliphatic heterocycles. The topological polar surface area (TPSA) is 17.3 Å². The van der Waals surface area contributed by atoms with E-state index in [1.54, 1.807) is 0 Å². The molecule has 5 aromatic rings. The summed E-state index contributed by atoms with van der Waals surface area (Å²) in [5.41, 5.74) is 12.3. The molecule has 0 radical (unpaired) electrons. The van der Waals surface area contributed by atoms with Gasteiger partial charge in [0.25, 0.3) is 0 Å². The Balaban J connectivity index is 2.05. The molecule has 0 aliphatic carbocycles. The highest BCUT2D eigenvalue weighted by Crippen LogP contribution is 2.45. The largest absolute Gasteiger partial charge is 0.292 e. The van der Waals surface area contributed by atoms with E-state index in [0.29, 0.717) is 0 Å². The highest BCUT2D eigenvalue weighted by molar-refractivity contribution is 6.07. The Morgan fingerprint density at radius 3 is 1.92 bits per heavy atom. The maximum atomic E-state index is 4.81. The highest BCUT2D eigenvalue weighted by Gasteiger charge is 2.24. The lowest BCUT2D eigenvalue weighted by Crippen LogP contribution is -1.89. The minimum atomic E-state index is 1.02. The average Bonchev–Trinajstić information content (AvgIpc) is 3.15. The van der Waals surface area contributed by atoms with Crippen molar-refractivity contribution in [2.24, 2.45) is 0 Å². The van der Waals surface area contributed by atoms with E-state index in [1.807, 2.05) is 0 Å². The smallest absolute Gasteiger partial charge is 0.138 e. The number of aryl methyl sites for hydroxylation is 3. The molecule has 2 nitrogen and oxygen atoms in total. The molecule has 3 aromatic heterocycles. The predicted molar refractivity (Wildman–Crippen MR) is 109 cm³/mol. The maximum Gasteiger partial charge on any atom is 0.138 e. The Labute approximate surface area is 153 Å². The SMILES string of the molecule is Cc1ccccc1-c1c(-c2ccccc2C)c2c(C)nc3cccc1n32. The van der Waals surface area contributed by atoms with Crippen LogP contribution in [0.3, 0.4) is 0 Å². The van der Waals surface area contributed by atoms with Gasteiger partial charge in [0.1, 0.15) is 5.65 Å². The van der Waals surface area contributed by atoms with Crippen molar-refractivity contribution in [2.45, 2.75) is 20.8 Å². The van der Waals surface area contributed by atoms with Crippen molar-refractivity contribution in [2.75, 3.05) is 0 Å². The van der Waals surface area contributed by atoms with E-state index in [0.717, 1.165) is 11.3 Å². The van der Waals surface area contributed by atoms with E-state index < -0.39 is 0 Å². The summed E-state index contributed by atoms with van der Waals surface area (Å²) in [6, 6.07) is 23.7. The molecule has 0 atom stereocenters. The number of hydrogen-bond acceptors (Lipinski definition) is 1. The van der Waals surface area contributed by atoms with Crippen LogP contribution in [0, 0.1) is 20.8 Å². The zero-order chi connectivity index (χ0) is 17.8. The third-order valence-electron chi connectivity index (χ3n) is 5.39. The molecule has 3 heterocycles. The first kappa shape index (κ1) is 15.2. The number of hydrogen-bond donors (Lipinski definition) is 0. The van der Waals surface area contributed by atoms with E-state index in [4.69, 9.17) is 4.98 Å². The van der Waals surface area contributed by atoms with Crippen molar-refractivity contribution in [3.63, 3.8) is 0 Å². The number of benzene rings is 2. The summed E-state index contributed by atoms with van der Waals surface area (Å²) in [7, 11) is 0. The molecule has 0 spiro atoms. The third-order valence-corrected chi connectivity index (χ3v) is 5.39. The van der Waals surface area contributed by atoms with E-state index >= 15 is 0 Å². The minimum Gasteiger partial charge on any atom is -0.292 e. The van der Waals surface area contributed by atoms with Gasteiger partial charge in [-0.1, -0.05) is 54.6 Å². The number of aromatic nitrogens is 2. The Hall–Kier alpha value is -3.13. The molecular formula is C24H20N2. The van der Waals surface area contributed by atoms with Crippen LogP contribution in [0.5, 0.6) is 0 Å². The van der Waals surface area contributed by atoms with Crippen molar-refractivity contribution in [1.29, 1.82) is 0 Å². The van der Waals surface area contributed by atoms with E-state index in [1.165, 1.54) is 44.4 Å². The second kappa shape index (κ2) is 5.43. The van der Waals surface area contributed by atoms with E-state index in [9.17, 15) is 0 Å². The summed E-state index contributed by atoms with van der Waals surface area (Å²) in [5, 5.41) is 0. The van der Waals surface area contributed by atoms with Crippen LogP contribution >= 0.6 is 0 Å². The molecule has 5 rings (SSSR count). The van der Waals surface area contributed by atoms with Gasteiger partial charge in [0.05, 0.1) is 16.7 Å². The van der Waals surface area contributed by atoms with Crippen molar-refractivity contribution in [3.05, 3.63) is 83.6 Å². The van der Waals surface area contributed by atoms with Gasteiger partial charge in [-0.05, 0) is 55.2 Å². The summed E-state index contributed by atoms with van der Waals surface area (Å²) in [6.07, 6.45) is 0. The van der Waals surface area contributed by atoms with Crippen LogP contribution in [0.4, 0.5) is 0 Å². The Morgan fingerprint density at radius 1 is 0.654 bits per heavy atom. The molecular weight excluding hydrogens is 316 g/mol. The second-order valence-electron chi connectivity index (χ2n) is 7.03. The van der Waals surface area contributed by atoms with Gasteiger partial charge in [0, 0.05) is 11.1 Å². The highest BCUT2D eigenvalue weighted by atomic mass is 15.0. The maximum absolute atomic E-state index is 4.81. The molecule has 0 saturated heterocycles. The molecule has 126 valence electrons. The summed E-state index contributed by atoms with van der Waals surface area (Å²) < 4.78 is 2.32. The second-order valence-corrected chi connectivity index (χ2v) is 7.03. The van der Waals surface area contributed by atoms with Crippen LogP contribution in [0.2, 0.25) is 0 Å². The van der Waals surface area contributed by atoms with Crippen molar-refractivity contribution in [1.82, 2.24) is 9.38 Å². The minimum absolute atomic E-state index is 1.02. The molecule has 0 bridgehead atoms. The van der Waals surface area contributed by atoms with Gasteiger partial charge in [0.2, 0.25) is 0 Å². The first-order chi connectivity index (χ1) is 12.7. The first-order valence-corrected chi connectivity index (χ1v) is 9.02. The molecule has 26 heavy (non-hydrogen) atoms. The van der Waals surface area contributed by atoms with Crippen LogP contribution in [0.1, 0.15) is 16.8 Å². The number of pyridine rings is 1. The Bertz CT molecular complexity index is 1260. The van der Waals surface area contributed by atoms with Gasteiger partial charge in [-0.2, -0.15) is 0 Å². The van der Waals surface area contributed by atoms with Crippen LogP contribution in [-0.2, 0) is 0 Å². The summed E-state index contributed by atoms with van der Waals surface area (Å²) >= 11 is 0. The molecule has 0 aliphatic rings. The zero-order valence-corrected chi connectivity index (χ0v) is 15.2. The van der Waals surface area contributed by atoms with Crippen molar-refractivity contribution in [3.8, 4) is 22.3 Å². The fraction of sp³-hybridized carbons (Fsp3) is 0.125. The molecule has 2 aromatic carbocycles. The lowest BCUT2D eigenvalue weighted by atomic mass is 9.91. The monoisotopic (exact) mass is 336 g/mol. The molecule has 0 unspecified atom stereocenters. The van der Waals surface area contributed by atoms with E-state index in [2.05, 4.69) is 91.9 Å². The molecule has 0 fully saturated rings. The van der Waals surface area contributed by atoms with Crippen LogP contribution in [0.25, 0.3) is 38.9 Å². The average molecular weight is 336 g/mol. The van der Waals surface area contributed by atoms with Gasteiger partial charge in [-0.15, -0.1) is 0 Å². The Morgan fingerprint density at radius 2 is 1.27 bits per heavy atom.